The Labute approximate surface area is 118 Å². The smallest absolute Gasteiger partial charge is 0.257 e. The molecule has 0 atom stereocenters. The number of anilines is 1. The molecule has 5 heteroatoms. The maximum absolute atomic E-state index is 12.3. The van der Waals surface area contributed by atoms with Crippen LogP contribution in [0, 0.1) is 0 Å². The Kier molecular flexibility index (Phi) is 3.19. The van der Waals surface area contributed by atoms with E-state index in [4.69, 9.17) is 11.6 Å². The number of pyridine rings is 1. The van der Waals surface area contributed by atoms with Crippen molar-refractivity contribution in [2.45, 2.75) is 0 Å². The van der Waals surface area contributed by atoms with Gasteiger partial charge in [0.25, 0.3) is 5.91 Å². The number of hydrogen-bond acceptors (Lipinski definition) is 3. The molecule has 0 unspecified atom stereocenters. The van der Waals surface area contributed by atoms with Crippen molar-refractivity contribution in [2.75, 3.05) is 5.32 Å². The van der Waals surface area contributed by atoms with Gasteiger partial charge in [0.05, 0.1) is 22.5 Å². The van der Waals surface area contributed by atoms with Crippen LogP contribution in [-0.4, -0.2) is 10.9 Å². The SMILES string of the molecule is O=C(Nc1cnccc1Cl)c1csc2ccccc12. The number of hydrogen-bond donors (Lipinski definition) is 1. The van der Waals surface area contributed by atoms with E-state index < -0.39 is 0 Å². The van der Waals surface area contributed by atoms with Crippen molar-refractivity contribution in [1.82, 2.24) is 4.98 Å². The molecule has 0 saturated heterocycles. The van der Waals surface area contributed by atoms with Crippen LogP contribution in [-0.2, 0) is 0 Å². The van der Waals surface area contributed by atoms with Crippen LogP contribution in [0.15, 0.2) is 48.1 Å². The van der Waals surface area contributed by atoms with E-state index in [2.05, 4.69) is 10.3 Å². The summed E-state index contributed by atoms with van der Waals surface area (Å²) >= 11 is 7.54. The molecule has 0 bridgehead atoms. The molecule has 94 valence electrons. The normalized spacial score (nSPS) is 10.6. The van der Waals surface area contributed by atoms with Crippen LogP contribution in [0.1, 0.15) is 10.4 Å². The van der Waals surface area contributed by atoms with E-state index in [0.717, 1.165) is 10.1 Å². The lowest BCUT2D eigenvalue weighted by Gasteiger charge is -2.05. The molecule has 2 aromatic heterocycles. The molecule has 0 aliphatic rings. The highest BCUT2D eigenvalue weighted by Crippen LogP contribution is 2.27. The fourth-order valence-corrected chi connectivity index (χ4v) is 2.91. The van der Waals surface area contributed by atoms with Crippen molar-refractivity contribution in [2.24, 2.45) is 0 Å². The standard InChI is InChI=1S/C14H9ClN2OS/c15-11-5-6-16-7-12(11)17-14(18)10-8-19-13-4-2-1-3-9(10)13/h1-8H,(H,17,18). The quantitative estimate of drug-likeness (QED) is 0.768. The minimum atomic E-state index is -0.174. The largest absolute Gasteiger partial charge is 0.319 e. The zero-order valence-electron chi connectivity index (χ0n) is 9.76. The summed E-state index contributed by atoms with van der Waals surface area (Å²) in [5.74, 6) is -0.174. The highest BCUT2D eigenvalue weighted by Gasteiger charge is 2.13. The average molecular weight is 289 g/mol. The van der Waals surface area contributed by atoms with Crippen molar-refractivity contribution in [3.63, 3.8) is 0 Å². The lowest BCUT2D eigenvalue weighted by Crippen LogP contribution is -2.11. The summed E-state index contributed by atoms with van der Waals surface area (Å²) in [6, 6.07) is 9.45. The van der Waals surface area contributed by atoms with Gasteiger partial charge in [0.1, 0.15) is 0 Å². The first-order valence-corrected chi connectivity index (χ1v) is 6.88. The zero-order valence-corrected chi connectivity index (χ0v) is 11.3. The molecule has 3 rings (SSSR count). The number of carbonyl (C=O) groups is 1. The predicted molar refractivity (Wildman–Crippen MR) is 79.0 cm³/mol. The van der Waals surface area contributed by atoms with Gasteiger partial charge in [-0.2, -0.15) is 0 Å². The zero-order chi connectivity index (χ0) is 13.2. The highest BCUT2D eigenvalue weighted by atomic mass is 35.5. The van der Waals surface area contributed by atoms with Gasteiger partial charge in [-0.25, -0.2) is 0 Å². The number of aromatic nitrogens is 1. The summed E-state index contributed by atoms with van der Waals surface area (Å²) in [7, 11) is 0. The number of nitrogens with zero attached hydrogens (tertiary/aromatic N) is 1. The molecule has 1 N–H and O–H groups in total. The van der Waals surface area contributed by atoms with Crippen molar-refractivity contribution >= 4 is 44.6 Å². The van der Waals surface area contributed by atoms with Crippen molar-refractivity contribution in [3.05, 3.63) is 58.7 Å². The van der Waals surface area contributed by atoms with E-state index >= 15 is 0 Å². The van der Waals surface area contributed by atoms with Crippen LogP contribution in [0.5, 0.6) is 0 Å². The summed E-state index contributed by atoms with van der Waals surface area (Å²) in [6.07, 6.45) is 3.12. The van der Waals surface area contributed by atoms with Gasteiger partial charge in [0, 0.05) is 21.7 Å². The predicted octanol–water partition coefficient (Wildman–Crippen LogP) is 4.20. The molecule has 3 aromatic rings. The van der Waals surface area contributed by atoms with Crippen LogP contribution < -0.4 is 5.32 Å². The third-order valence-corrected chi connectivity index (χ3v) is 4.03. The molecule has 0 spiro atoms. The van der Waals surface area contributed by atoms with E-state index in [-0.39, 0.29) is 5.91 Å². The molecule has 1 amide bonds. The molecule has 0 saturated carbocycles. The van der Waals surface area contributed by atoms with Crippen LogP contribution in [0.25, 0.3) is 10.1 Å². The molecule has 1 aromatic carbocycles. The minimum Gasteiger partial charge on any atom is -0.319 e. The fraction of sp³-hybridized carbons (Fsp3) is 0. The Hall–Kier alpha value is -1.91. The van der Waals surface area contributed by atoms with Gasteiger partial charge >= 0.3 is 0 Å². The second-order valence-electron chi connectivity index (χ2n) is 3.96. The Balaban J connectivity index is 1.95. The van der Waals surface area contributed by atoms with Gasteiger partial charge in [-0.3, -0.25) is 9.78 Å². The molecular weight excluding hydrogens is 280 g/mol. The number of nitrogens with one attached hydrogen (secondary N) is 1. The topological polar surface area (TPSA) is 42.0 Å². The van der Waals surface area contributed by atoms with Crippen LogP contribution in [0.4, 0.5) is 5.69 Å². The summed E-state index contributed by atoms with van der Waals surface area (Å²) in [5, 5.41) is 6.05. The molecule has 2 heterocycles. The third-order valence-electron chi connectivity index (χ3n) is 2.74. The molecule has 0 aliphatic carbocycles. The third kappa shape index (κ3) is 2.32. The summed E-state index contributed by atoms with van der Waals surface area (Å²) in [5.41, 5.74) is 1.17. The van der Waals surface area contributed by atoms with Gasteiger partial charge in [-0.15, -0.1) is 11.3 Å². The number of halogens is 1. The van der Waals surface area contributed by atoms with Crippen molar-refractivity contribution in [1.29, 1.82) is 0 Å². The maximum Gasteiger partial charge on any atom is 0.257 e. The molecule has 3 nitrogen and oxygen atoms in total. The van der Waals surface area contributed by atoms with E-state index in [1.165, 1.54) is 6.20 Å². The molecule has 0 radical (unpaired) electrons. The maximum atomic E-state index is 12.3. The molecule has 0 aliphatic heterocycles. The van der Waals surface area contributed by atoms with Gasteiger partial charge < -0.3 is 5.32 Å². The number of carbonyl (C=O) groups excluding carboxylic acids is 1. The monoisotopic (exact) mass is 288 g/mol. The Morgan fingerprint density at radius 2 is 2.11 bits per heavy atom. The first kappa shape index (κ1) is 12.1. The Morgan fingerprint density at radius 3 is 2.95 bits per heavy atom. The van der Waals surface area contributed by atoms with Crippen molar-refractivity contribution < 1.29 is 4.79 Å². The minimum absolute atomic E-state index is 0.174. The molecular formula is C14H9ClN2OS. The summed E-state index contributed by atoms with van der Waals surface area (Å²) < 4.78 is 1.09. The second-order valence-corrected chi connectivity index (χ2v) is 5.27. The first-order valence-electron chi connectivity index (χ1n) is 5.63. The summed E-state index contributed by atoms with van der Waals surface area (Å²) in [4.78, 5) is 16.2. The van der Waals surface area contributed by atoms with Crippen LogP contribution >= 0.6 is 22.9 Å². The van der Waals surface area contributed by atoms with Gasteiger partial charge in [-0.05, 0) is 12.1 Å². The van der Waals surface area contributed by atoms with Gasteiger partial charge in [-0.1, -0.05) is 29.8 Å². The molecule has 19 heavy (non-hydrogen) atoms. The molecule has 0 fully saturated rings. The van der Waals surface area contributed by atoms with E-state index in [1.54, 1.807) is 23.6 Å². The van der Waals surface area contributed by atoms with Crippen molar-refractivity contribution in [3.8, 4) is 0 Å². The van der Waals surface area contributed by atoms with E-state index in [9.17, 15) is 4.79 Å². The number of thiophene rings is 1. The lowest BCUT2D eigenvalue weighted by atomic mass is 10.1. The highest BCUT2D eigenvalue weighted by molar-refractivity contribution is 7.17. The van der Waals surface area contributed by atoms with E-state index in [1.807, 2.05) is 29.6 Å². The van der Waals surface area contributed by atoms with Crippen LogP contribution in [0.2, 0.25) is 5.02 Å². The fourth-order valence-electron chi connectivity index (χ4n) is 1.81. The number of benzene rings is 1. The average Bonchev–Trinajstić information content (AvgIpc) is 2.85. The Bertz CT molecular complexity index is 754. The number of rotatable bonds is 2. The first-order chi connectivity index (χ1) is 9.25. The summed E-state index contributed by atoms with van der Waals surface area (Å²) in [6.45, 7) is 0. The number of fused-ring (bicyclic) bond motifs is 1. The number of amides is 1. The van der Waals surface area contributed by atoms with Crippen LogP contribution in [0.3, 0.4) is 0 Å². The lowest BCUT2D eigenvalue weighted by molar-refractivity contribution is 0.102. The van der Waals surface area contributed by atoms with Gasteiger partial charge in [0.15, 0.2) is 0 Å². The van der Waals surface area contributed by atoms with Gasteiger partial charge in [0.2, 0.25) is 0 Å². The Morgan fingerprint density at radius 1 is 1.26 bits per heavy atom. The van der Waals surface area contributed by atoms with E-state index in [0.29, 0.717) is 16.3 Å². The second kappa shape index (κ2) is 4.99.